The van der Waals surface area contributed by atoms with Gasteiger partial charge in [0.25, 0.3) is 11.8 Å². The van der Waals surface area contributed by atoms with E-state index >= 15 is 0 Å². The van der Waals surface area contributed by atoms with Crippen LogP contribution in [0.2, 0.25) is 0 Å². The number of carbonyl (C=O) groups excluding carboxylic acids is 2. The number of para-hydroxylation sites is 1. The Morgan fingerprint density at radius 3 is 2.53 bits per heavy atom. The number of rotatable bonds is 4. The molecule has 3 aromatic rings. The van der Waals surface area contributed by atoms with E-state index in [2.05, 4.69) is 5.32 Å². The Hall–Kier alpha value is -4.04. The summed E-state index contributed by atoms with van der Waals surface area (Å²) >= 11 is 5.16. The molecule has 0 aliphatic carbocycles. The summed E-state index contributed by atoms with van der Waals surface area (Å²) in [5.41, 5.74) is 1.08. The second kappa shape index (κ2) is 7.76. The second-order valence-corrected chi connectivity index (χ2v) is 6.77. The molecule has 1 aromatic heterocycles. The Labute approximate surface area is 176 Å². The molecule has 1 fully saturated rings. The molecule has 1 aliphatic heterocycles. The van der Waals surface area contributed by atoms with E-state index in [1.165, 1.54) is 23.1 Å². The fraction of sp³-hybridized carbons (Fsp3) is 0. The monoisotopic (exact) mass is 418 g/mol. The number of hydrogen-bond acceptors (Lipinski definition) is 5. The fourth-order valence-corrected chi connectivity index (χ4v) is 3.28. The smallest absolute Gasteiger partial charge is 0.335 e. The summed E-state index contributed by atoms with van der Waals surface area (Å²) in [7, 11) is 0. The third kappa shape index (κ3) is 3.63. The number of carboxylic acids is 1. The minimum atomic E-state index is -1.05. The maximum absolute atomic E-state index is 12.9. The van der Waals surface area contributed by atoms with Crippen molar-refractivity contribution in [1.82, 2.24) is 5.32 Å². The average Bonchev–Trinajstić information content (AvgIpc) is 3.21. The van der Waals surface area contributed by atoms with Crippen molar-refractivity contribution in [3.8, 4) is 11.3 Å². The van der Waals surface area contributed by atoms with Gasteiger partial charge in [0, 0.05) is 5.56 Å². The van der Waals surface area contributed by atoms with Crippen molar-refractivity contribution in [2.24, 2.45) is 0 Å². The first-order chi connectivity index (χ1) is 14.4. The zero-order valence-corrected chi connectivity index (χ0v) is 16.2. The topological polar surface area (TPSA) is 99.9 Å². The number of nitrogens with zero attached hydrogens (tertiary/aromatic N) is 1. The van der Waals surface area contributed by atoms with Crippen LogP contribution in [0.15, 0.2) is 76.7 Å². The molecule has 2 N–H and O–H groups in total. The first-order valence-corrected chi connectivity index (χ1v) is 9.25. The molecule has 7 nitrogen and oxygen atoms in total. The molecule has 2 heterocycles. The first-order valence-electron chi connectivity index (χ1n) is 8.84. The molecule has 2 amide bonds. The van der Waals surface area contributed by atoms with Gasteiger partial charge in [-0.25, -0.2) is 4.79 Å². The molecule has 148 valence electrons. The molecule has 4 rings (SSSR count). The lowest BCUT2D eigenvalue weighted by molar-refractivity contribution is -0.122. The zero-order valence-electron chi connectivity index (χ0n) is 15.4. The number of nitrogens with one attached hydrogen (secondary N) is 1. The predicted molar refractivity (Wildman–Crippen MR) is 114 cm³/mol. The SMILES string of the molecule is O=C1NC(=S)N(c2ccccc2)C(=O)/C1=C\c1ccc(-c2cccc(C(=O)O)c2)o1. The van der Waals surface area contributed by atoms with E-state index in [4.69, 9.17) is 21.7 Å². The molecule has 0 atom stereocenters. The first kappa shape index (κ1) is 19.3. The maximum atomic E-state index is 12.9. The summed E-state index contributed by atoms with van der Waals surface area (Å²) in [5, 5.41) is 11.6. The van der Waals surface area contributed by atoms with E-state index in [0.717, 1.165) is 0 Å². The third-order valence-electron chi connectivity index (χ3n) is 4.42. The number of hydrogen-bond donors (Lipinski definition) is 2. The van der Waals surface area contributed by atoms with E-state index in [-0.39, 0.29) is 22.0 Å². The Bertz CT molecular complexity index is 1210. The van der Waals surface area contributed by atoms with Gasteiger partial charge in [0.1, 0.15) is 17.1 Å². The van der Waals surface area contributed by atoms with E-state index in [1.807, 2.05) is 0 Å². The number of amides is 2. The van der Waals surface area contributed by atoms with Gasteiger partial charge in [-0.2, -0.15) is 0 Å². The van der Waals surface area contributed by atoms with Crippen molar-refractivity contribution in [3.05, 3.63) is 83.6 Å². The van der Waals surface area contributed by atoms with E-state index in [0.29, 0.717) is 17.0 Å². The maximum Gasteiger partial charge on any atom is 0.335 e. The van der Waals surface area contributed by atoms with E-state index in [1.54, 1.807) is 54.6 Å². The van der Waals surface area contributed by atoms with Crippen LogP contribution in [0.5, 0.6) is 0 Å². The second-order valence-electron chi connectivity index (χ2n) is 6.38. The molecule has 1 saturated heterocycles. The molecule has 2 aromatic carbocycles. The van der Waals surface area contributed by atoms with E-state index < -0.39 is 17.8 Å². The molecule has 0 bridgehead atoms. The van der Waals surface area contributed by atoms with Crippen molar-refractivity contribution >= 4 is 46.9 Å². The molecule has 0 unspecified atom stereocenters. The molecule has 0 saturated carbocycles. The Morgan fingerprint density at radius 2 is 1.80 bits per heavy atom. The lowest BCUT2D eigenvalue weighted by atomic mass is 10.1. The molecule has 1 aliphatic rings. The normalized spacial score (nSPS) is 15.4. The number of carboxylic acid groups (broad SMARTS) is 1. The van der Waals surface area contributed by atoms with Crippen LogP contribution in [-0.2, 0) is 9.59 Å². The minimum Gasteiger partial charge on any atom is -0.478 e. The predicted octanol–water partition coefficient (Wildman–Crippen LogP) is 3.48. The summed E-state index contributed by atoms with van der Waals surface area (Å²) in [6, 6.07) is 18.2. The van der Waals surface area contributed by atoms with Gasteiger partial charge in [0.15, 0.2) is 5.11 Å². The number of benzene rings is 2. The number of aromatic carboxylic acids is 1. The largest absolute Gasteiger partial charge is 0.478 e. The zero-order chi connectivity index (χ0) is 21.3. The summed E-state index contributed by atoms with van der Waals surface area (Å²) in [4.78, 5) is 37.7. The van der Waals surface area contributed by atoms with Gasteiger partial charge in [0.05, 0.1) is 11.3 Å². The standard InChI is InChI=1S/C22H14N2O5S/c25-19-17(20(26)24(22(30)23-19)15-7-2-1-3-8-15)12-16-9-10-18(29-16)13-5-4-6-14(11-13)21(27)28/h1-12H,(H,27,28)(H,23,25,30)/b17-12-. The molecule has 30 heavy (non-hydrogen) atoms. The van der Waals surface area contributed by atoms with Gasteiger partial charge in [-0.3, -0.25) is 19.8 Å². The number of anilines is 1. The van der Waals surface area contributed by atoms with Crippen LogP contribution >= 0.6 is 12.2 Å². The van der Waals surface area contributed by atoms with E-state index in [9.17, 15) is 14.4 Å². The highest BCUT2D eigenvalue weighted by molar-refractivity contribution is 7.80. The van der Waals surface area contributed by atoms with Crippen LogP contribution in [0.25, 0.3) is 17.4 Å². The van der Waals surface area contributed by atoms with Crippen molar-refractivity contribution in [1.29, 1.82) is 0 Å². The highest BCUT2D eigenvalue weighted by atomic mass is 32.1. The highest BCUT2D eigenvalue weighted by Crippen LogP contribution is 2.26. The molecule has 0 spiro atoms. The minimum absolute atomic E-state index is 0.000954. The van der Waals surface area contributed by atoms with Crippen LogP contribution in [0.1, 0.15) is 16.1 Å². The van der Waals surface area contributed by atoms with Gasteiger partial charge in [0.2, 0.25) is 0 Å². The van der Waals surface area contributed by atoms with Gasteiger partial charge in [-0.1, -0.05) is 30.3 Å². The summed E-state index contributed by atoms with van der Waals surface area (Å²) in [6.45, 7) is 0. The van der Waals surface area contributed by atoms with Gasteiger partial charge in [-0.15, -0.1) is 0 Å². The lowest BCUT2D eigenvalue weighted by Crippen LogP contribution is -2.54. The van der Waals surface area contributed by atoms with Gasteiger partial charge < -0.3 is 9.52 Å². The van der Waals surface area contributed by atoms with Crippen molar-refractivity contribution in [2.75, 3.05) is 4.90 Å². The van der Waals surface area contributed by atoms with Crippen LogP contribution in [0.4, 0.5) is 5.69 Å². The Morgan fingerprint density at radius 1 is 1.03 bits per heavy atom. The molecular formula is C22H14N2O5S. The lowest BCUT2D eigenvalue weighted by Gasteiger charge is -2.28. The quantitative estimate of drug-likeness (QED) is 0.382. The van der Waals surface area contributed by atoms with Crippen molar-refractivity contribution in [2.45, 2.75) is 0 Å². The summed E-state index contributed by atoms with van der Waals surface area (Å²) in [5.74, 6) is -1.56. The molecular weight excluding hydrogens is 404 g/mol. The van der Waals surface area contributed by atoms with Gasteiger partial charge >= 0.3 is 5.97 Å². The number of carbonyl (C=O) groups is 3. The summed E-state index contributed by atoms with van der Waals surface area (Å²) < 4.78 is 5.72. The van der Waals surface area contributed by atoms with Crippen LogP contribution in [-0.4, -0.2) is 28.0 Å². The fourth-order valence-electron chi connectivity index (χ4n) is 3.00. The van der Waals surface area contributed by atoms with Crippen LogP contribution < -0.4 is 10.2 Å². The van der Waals surface area contributed by atoms with Gasteiger partial charge in [-0.05, 0) is 54.7 Å². The Balaban J connectivity index is 1.67. The Kier molecular flexibility index (Phi) is 4.99. The van der Waals surface area contributed by atoms with Crippen LogP contribution in [0, 0.1) is 0 Å². The number of thiocarbonyl (C=S) groups is 1. The molecule has 8 heteroatoms. The highest BCUT2D eigenvalue weighted by Gasteiger charge is 2.34. The summed E-state index contributed by atoms with van der Waals surface area (Å²) in [6.07, 6.45) is 1.33. The van der Waals surface area contributed by atoms with Crippen molar-refractivity contribution in [3.63, 3.8) is 0 Å². The molecule has 0 radical (unpaired) electrons. The number of furan rings is 1. The third-order valence-corrected chi connectivity index (χ3v) is 4.71. The average molecular weight is 418 g/mol. The van der Waals surface area contributed by atoms with Crippen molar-refractivity contribution < 1.29 is 23.9 Å². The van der Waals surface area contributed by atoms with Crippen LogP contribution in [0.3, 0.4) is 0 Å².